The van der Waals surface area contributed by atoms with Gasteiger partial charge in [-0.2, -0.15) is 0 Å². The van der Waals surface area contributed by atoms with Crippen LogP contribution in [0.1, 0.15) is 155 Å². The summed E-state index contributed by atoms with van der Waals surface area (Å²) in [6.07, 6.45) is 38.5. The third kappa shape index (κ3) is 32.9. The molecule has 0 radical (unpaired) electrons. The molecule has 0 aliphatic carbocycles. The van der Waals surface area contributed by atoms with Gasteiger partial charge in [0, 0.05) is 19.3 Å². The number of ether oxygens (including phenoxy) is 3. The molecule has 8 heteroatoms. The number of carboxylic acid groups (broad SMARTS) is 1. The van der Waals surface area contributed by atoms with Crippen molar-refractivity contribution in [3.8, 4) is 0 Å². The predicted octanol–water partition coefficient (Wildman–Crippen LogP) is 9.13. The number of hydrogen-bond donors (Lipinski definition) is 0. The third-order valence-electron chi connectivity index (χ3n) is 8.73. The number of hydrogen-bond acceptors (Lipinski definition) is 7. The Balaban J connectivity index is 4.43. The Hall–Kier alpha value is -2.71. The van der Waals surface area contributed by atoms with Gasteiger partial charge < -0.3 is 28.6 Å². The van der Waals surface area contributed by atoms with Crippen molar-refractivity contribution >= 4 is 17.9 Å². The molecule has 0 saturated heterocycles. The molecule has 8 nitrogen and oxygen atoms in total. The van der Waals surface area contributed by atoms with E-state index in [1.54, 1.807) is 21.1 Å². The Labute approximate surface area is 312 Å². The van der Waals surface area contributed by atoms with Gasteiger partial charge in [0.25, 0.3) is 0 Å². The van der Waals surface area contributed by atoms with E-state index >= 15 is 0 Å². The van der Waals surface area contributed by atoms with E-state index in [0.717, 1.165) is 77.0 Å². The van der Waals surface area contributed by atoms with E-state index in [0.29, 0.717) is 12.8 Å². The highest BCUT2D eigenvalue weighted by molar-refractivity contribution is 5.70. The lowest BCUT2D eigenvalue weighted by atomic mass is 10.1. The van der Waals surface area contributed by atoms with Gasteiger partial charge in [0.1, 0.15) is 12.6 Å². The molecule has 2 unspecified atom stereocenters. The number of nitrogens with zero attached hydrogens (tertiary/aromatic N) is 1. The molecule has 0 amide bonds. The molecule has 2 atom stereocenters. The number of carbonyl (C=O) groups is 3. The molecule has 0 bridgehead atoms. The van der Waals surface area contributed by atoms with Crippen LogP contribution < -0.4 is 5.11 Å². The van der Waals surface area contributed by atoms with Crippen molar-refractivity contribution in [2.45, 2.75) is 167 Å². The van der Waals surface area contributed by atoms with E-state index in [9.17, 15) is 19.5 Å². The van der Waals surface area contributed by atoms with Gasteiger partial charge in [0.15, 0.2) is 6.10 Å². The molecule has 0 saturated carbocycles. The predicted molar refractivity (Wildman–Crippen MR) is 208 cm³/mol. The summed E-state index contributed by atoms with van der Waals surface area (Å²) in [5.41, 5.74) is 0. The topological polar surface area (TPSA) is 102 Å². The number of carbonyl (C=O) groups excluding carboxylic acids is 3. The number of aliphatic carboxylic acids is 1. The molecule has 0 aliphatic heterocycles. The fourth-order valence-corrected chi connectivity index (χ4v) is 5.59. The van der Waals surface area contributed by atoms with Gasteiger partial charge in [0.05, 0.1) is 40.3 Å². The highest BCUT2D eigenvalue weighted by atomic mass is 16.6. The Kier molecular flexibility index (Phi) is 32.6. The lowest BCUT2D eigenvalue weighted by Crippen LogP contribution is -2.55. The molecule has 0 spiro atoms. The summed E-state index contributed by atoms with van der Waals surface area (Å²) in [6.45, 7) is 4.49. The molecule has 0 aromatic rings. The average molecular weight is 718 g/mol. The van der Waals surface area contributed by atoms with Crippen LogP contribution in [-0.4, -0.2) is 75.5 Å². The first kappa shape index (κ1) is 48.3. The van der Waals surface area contributed by atoms with Gasteiger partial charge in [-0.1, -0.05) is 133 Å². The second-order valence-corrected chi connectivity index (χ2v) is 14.5. The van der Waals surface area contributed by atoms with Gasteiger partial charge in [-0.05, 0) is 51.4 Å². The summed E-state index contributed by atoms with van der Waals surface area (Å²) in [4.78, 5) is 36.7. The van der Waals surface area contributed by atoms with Crippen molar-refractivity contribution in [2.75, 3.05) is 41.0 Å². The van der Waals surface area contributed by atoms with E-state index in [4.69, 9.17) is 14.2 Å². The maximum atomic E-state index is 12.7. The Morgan fingerprint density at radius 1 is 0.608 bits per heavy atom. The first-order valence-corrected chi connectivity index (χ1v) is 20.2. The minimum absolute atomic E-state index is 0.0308. The molecule has 0 aromatic carbocycles. The molecule has 0 aromatic heterocycles. The summed E-state index contributed by atoms with van der Waals surface area (Å²) in [6, 6.07) is -0.729. The fourth-order valence-electron chi connectivity index (χ4n) is 5.59. The minimum atomic E-state index is -1.13. The summed E-state index contributed by atoms with van der Waals surface area (Å²) >= 11 is 0. The largest absolute Gasteiger partial charge is 0.544 e. The zero-order valence-corrected chi connectivity index (χ0v) is 33.3. The maximum absolute atomic E-state index is 12.7. The zero-order valence-electron chi connectivity index (χ0n) is 33.3. The van der Waals surface area contributed by atoms with Crippen molar-refractivity contribution < 1.29 is 38.2 Å². The first-order valence-electron chi connectivity index (χ1n) is 20.2. The van der Waals surface area contributed by atoms with Gasteiger partial charge in [-0.25, -0.2) is 0 Å². The second kappa shape index (κ2) is 34.4. The Morgan fingerprint density at radius 2 is 1.10 bits per heavy atom. The number of rotatable bonds is 35. The summed E-state index contributed by atoms with van der Waals surface area (Å²) in [5.74, 6) is -1.77. The summed E-state index contributed by atoms with van der Waals surface area (Å²) < 4.78 is 17.1. The first-order chi connectivity index (χ1) is 24.6. The smallest absolute Gasteiger partial charge is 0.306 e. The van der Waals surface area contributed by atoms with Gasteiger partial charge in [-0.15, -0.1) is 0 Å². The van der Waals surface area contributed by atoms with E-state index in [1.165, 1.54) is 44.9 Å². The molecule has 0 rings (SSSR count). The highest BCUT2D eigenvalue weighted by Crippen LogP contribution is 2.13. The number of unbranched alkanes of at least 4 members (excludes halogenated alkanes) is 13. The van der Waals surface area contributed by atoms with E-state index < -0.39 is 18.1 Å². The molecule has 0 N–H and O–H groups in total. The lowest BCUT2D eigenvalue weighted by molar-refractivity contribution is -0.889. The molecule has 0 fully saturated rings. The molecular weight excluding hydrogens is 642 g/mol. The van der Waals surface area contributed by atoms with E-state index in [2.05, 4.69) is 62.5 Å². The van der Waals surface area contributed by atoms with Crippen LogP contribution in [0.5, 0.6) is 0 Å². The molecular formula is C43H75NO7. The Bertz CT molecular complexity index is 979. The number of allylic oxidation sites excluding steroid dienone is 8. The van der Waals surface area contributed by atoms with Gasteiger partial charge in [0.2, 0.25) is 0 Å². The highest BCUT2D eigenvalue weighted by Gasteiger charge is 2.25. The lowest BCUT2D eigenvalue weighted by Gasteiger charge is -2.34. The molecule has 294 valence electrons. The monoisotopic (exact) mass is 718 g/mol. The Morgan fingerprint density at radius 3 is 1.63 bits per heavy atom. The van der Waals surface area contributed by atoms with Crippen LogP contribution in [-0.2, 0) is 28.6 Å². The van der Waals surface area contributed by atoms with E-state index in [-0.39, 0.29) is 42.7 Å². The summed E-state index contributed by atoms with van der Waals surface area (Å²) in [5, 5.41) is 11.6. The van der Waals surface area contributed by atoms with Crippen molar-refractivity contribution in [2.24, 2.45) is 0 Å². The third-order valence-corrected chi connectivity index (χ3v) is 8.73. The number of esters is 2. The SMILES string of the molecule is CC/C=C\C/C=C\C/C=C\C/C=C\CCCCCCC(=O)OC(COCCC(C(=O)[O-])[N+](C)(C)C)COC(=O)CCCCCCCCCCCC. The minimum Gasteiger partial charge on any atom is -0.544 e. The number of likely N-dealkylation sites (N-methyl/N-ethyl adjacent to an activating group) is 1. The standard InChI is InChI=1S/C43H75NO7/c1-6-8-10-12-14-16-18-19-20-21-22-23-24-26-28-30-32-34-42(46)51-39(37-49-36-35-40(43(47)48)44(3,4)5)38-50-41(45)33-31-29-27-25-17-15-13-11-9-7-2/h8,10,14,16,19-20,22-23,39-40H,6-7,9,11-13,15,17-18,21,24-38H2,1-5H3/b10-8-,16-14-,20-19-,23-22-. The van der Waals surface area contributed by atoms with Crippen molar-refractivity contribution in [1.82, 2.24) is 0 Å². The van der Waals surface area contributed by atoms with Crippen molar-refractivity contribution in [1.29, 1.82) is 0 Å². The van der Waals surface area contributed by atoms with Gasteiger partial charge in [-0.3, -0.25) is 9.59 Å². The van der Waals surface area contributed by atoms with Crippen LogP contribution in [0.2, 0.25) is 0 Å². The maximum Gasteiger partial charge on any atom is 0.306 e. The quantitative estimate of drug-likeness (QED) is 0.0279. The van der Waals surface area contributed by atoms with Gasteiger partial charge >= 0.3 is 11.9 Å². The van der Waals surface area contributed by atoms with Crippen LogP contribution in [0.15, 0.2) is 48.6 Å². The summed E-state index contributed by atoms with van der Waals surface area (Å²) in [7, 11) is 5.39. The average Bonchev–Trinajstić information content (AvgIpc) is 3.08. The molecule has 0 heterocycles. The molecule has 51 heavy (non-hydrogen) atoms. The fraction of sp³-hybridized carbons (Fsp3) is 0.744. The number of quaternary nitrogens is 1. The van der Waals surface area contributed by atoms with Crippen LogP contribution in [0, 0.1) is 0 Å². The molecule has 0 aliphatic rings. The van der Waals surface area contributed by atoms with Crippen LogP contribution in [0.3, 0.4) is 0 Å². The van der Waals surface area contributed by atoms with E-state index in [1.807, 2.05) is 0 Å². The van der Waals surface area contributed by atoms with Crippen LogP contribution >= 0.6 is 0 Å². The van der Waals surface area contributed by atoms with Crippen LogP contribution in [0.4, 0.5) is 0 Å². The van der Waals surface area contributed by atoms with Crippen molar-refractivity contribution in [3.63, 3.8) is 0 Å². The normalized spacial score (nSPS) is 13.5. The zero-order chi connectivity index (χ0) is 37.8. The van der Waals surface area contributed by atoms with Crippen LogP contribution in [0.25, 0.3) is 0 Å². The van der Waals surface area contributed by atoms with Crippen molar-refractivity contribution in [3.05, 3.63) is 48.6 Å². The number of carboxylic acids is 1. The second-order valence-electron chi connectivity index (χ2n) is 14.5.